The summed E-state index contributed by atoms with van der Waals surface area (Å²) in [7, 11) is 0. The van der Waals surface area contributed by atoms with Crippen molar-refractivity contribution in [1.29, 1.82) is 0 Å². The number of nitrogens with one attached hydrogen (secondary N) is 1. The molecule has 0 heterocycles. The van der Waals surface area contributed by atoms with Gasteiger partial charge in [-0.2, -0.15) is 0 Å². The molecule has 0 radical (unpaired) electrons. The van der Waals surface area contributed by atoms with Crippen LogP contribution in [-0.2, 0) is 11.3 Å². The van der Waals surface area contributed by atoms with E-state index in [0.29, 0.717) is 12.6 Å². The molecule has 0 amide bonds. The highest BCUT2D eigenvalue weighted by Crippen LogP contribution is 2.11. The fourth-order valence-electron chi connectivity index (χ4n) is 1.25. The molecule has 0 saturated heterocycles. The summed E-state index contributed by atoms with van der Waals surface area (Å²) in [6.45, 7) is 7.75. The fourth-order valence-corrected chi connectivity index (χ4v) is 1.25. The third kappa shape index (κ3) is 3.79. The molecule has 1 aromatic carbocycles. The predicted molar refractivity (Wildman–Crippen MR) is 60.5 cm³/mol. The van der Waals surface area contributed by atoms with Crippen LogP contribution in [0, 0.1) is 0 Å². The first kappa shape index (κ1) is 11.1. The normalized spacial score (nSPS) is 10.6. The first-order chi connectivity index (χ1) is 6.72. The Morgan fingerprint density at radius 1 is 1.21 bits per heavy atom. The van der Waals surface area contributed by atoms with E-state index in [1.54, 1.807) is 0 Å². The summed E-state index contributed by atoms with van der Waals surface area (Å²) in [6, 6.07) is 8.86. The lowest BCUT2D eigenvalue weighted by atomic mass is 10.2. The Kier molecular flexibility index (Phi) is 4.47. The van der Waals surface area contributed by atoms with Gasteiger partial charge in [-0.15, -0.1) is 0 Å². The Bertz CT molecular complexity index is 254. The molecule has 14 heavy (non-hydrogen) atoms. The monoisotopic (exact) mass is 193 g/mol. The lowest BCUT2D eigenvalue weighted by Crippen LogP contribution is -2.09. The molecule has 1 rings (SSSR count). The molecule has 0 fully saturated rings. The van der Waals surface area contributed by atoms with Crippen molar-refractivity contribution in [2.75, 3.05) is 11.9 Å². The summed E-state index contributed by atoms with van der Waals surface area (Å²) in [5, 5.41) is 3.35. The number of ether oxygens (including phenoxy) is 1. The van der Waals surface area contributed by atoms with Crippen molar-refractivity contribution < 1.29 is 4.74 Å². The zero-order valence-corrected chi connectivity index (χ0v) is 9.21. The maximum absolute atomic E-state index is 5.32. The average Bonchev–Trinajstić information content (AvgIpc) is 2.16. The molecule has 0 aliphatic heterocycles. The second-order valence-corrected chi connectivity index (χ2v) is 3.63. The van der Waals surface area contributed by atoms with Crippen molar-refractivity contribution in [2.45, 2.75) is 33.4 Å². The SMILES string of the molecule is CCOCc1ccc(NC(C)C)cc1. The minimum absolute atomic E-state index is 0.479. The summed E-state index contributed by atoms with van der Waals surface area (Å²) < 4.78 is 5.32. The predicted octanol–water partition coefficient (Wildman–Crippen LogP) is 3.04. The number of rotatable bonds is 5. The van der Waals surface area contributed by atoms with Gasteiger partial charge in [0.05, 0.1) is 6.61 Å². The largest absolute Gasteiger partial charge is 0.383 e. The molecule has 2 heteroatoms. The quantitative estimate of drug-likeness (QED) is 0.776. The molecule has 2 nitrogen and oxygen atoms in total. The van der Waals surface area contributed by atoms with Gasteiger partial charge in [0.1, 0.15) is 0 Å². The maximum Gasteiger partial charge on any atom is 0.0716 e. The van der Waals surface area contributed by atoms with E-state index < -0.39 is 0 Å². The number of hydrogen-bond acceptors (Lipinski definition) is 2. The van der Waals surface area contributed by atoms with Crippen LogP contribution in [-0.4, -0.2) is 12.6 Å². The van der Waals surface area contributed by atoms with Gasteiger partial charge in [-0.05, 0) is 38.5 Å². The fraction of sp³-hybridized carbons (Fsp3) is 0.500. The standard InChI is InChI=1S/C12H19NO/c1-4-14-9-11-5-7-12(8-6-11)13-10(2)3/h5-8,10,13H,4,9H2,1-3H3. The van der Waals surface area contributed by atoms with Crippen molar-refractivity contribution in [1.82, 2.24) is 0 Å². The van der Waals surface area contributed by atoms with E-state index in [-0.39, 0.29) is 0 Å². The van der Waals surface area contributed by atoms with E-state index in [1.165, 1.54) is 11.3 Å². The zero-order valence-electron chi connectivity index (χ0n) is 9.21. The Morgan fingerprint density at radius 3 is 2.36 bits per heavy atom. The van der Waals surface area contributed by atoms with Crippen LogP contribution in [0.3, 0.4) is 0 Å². The van der Waals surface area contributed by atoms with E-state index >= 15 is 0 Å². The van der Waals surface area contributed by atoms with Crippen LogP contribution in [0.2, 0.25) is 0 Å². The van der Waals surface area contributed by atoms with Gasteiger partial charge in [0, 0.05) is 18.3 Å². The Hall–Kier alpha value is -1.02. The molecule has 0 unspecified atom stereocenters. The van der Waals surface area contributed by atoms with Gasteiger partial charge < -0.3 is 10.1 Å². The minimum atomic E-state index is 0.479. The number of hydrogen-bond donors (Lipinski definition) is 1. The van der Waals surface area contributed by atoms with Crippen LogP contribution in [0.4, 0.5) is 5.69 Å². The van der Waals surface area contributed by atoms with Crippen molar-refractivity contribution >= 4 is 5.69 Å². The smallest absolute Gasteiger partial charge is 0.0716 e. The molecule has 1 N–H and O–H groups in total. The first-order valence-corrected chi connectivity index (χ1v) is 5.15. The molecule has 0 aliphatic carbocycles. The lowest BCUT2D eigenvalue weighted by molar-refractivity contribution is 0.134. The maximum atomic E-state index is 5.32. The average molecular weight is 193 g/mol. The van der Waals surface area contributed by atoms with Gasteiger partial charge in [0.2, 0.25) is 0 Å². The second kappa shape index (κ2) is 5.66. The molecule has 0 atom stereocenters. The zero-order chi connectivity index (χ0) is 10.4. The molecule has 0 aliphatic rings. The minimum Gasteiger partial charge on any atom is -0.383 e. The van der Waals surface area contributed by atoms with E-state index in [0.717, 1.165) is 6.61 Å². The molecular formula is C12H19NO. The van der Waals surface area contributed by atoms with Crippen LogP contribution in [0.15, 0.2) is 24.3 Å². The number of anilines is 1. The van der Waals surface area contributed by atoms with Gasteiger partial charge in [-0.3, -0.25) is 0 Å². The van der Waals surface area contributed by atoms with Gasteiger partial charge in [-0.25, -0.2) is 0 Å². The van der Waals surface area contributed by atoms with Crippen LogP contribution in [0.5, 0.6) is 0 Å². The summed E-state index contributed by atoms with van der Waals surface area (Å²) in [5.74, 6) is 0. The van der Waals surface area contributed by atoms with Crippen LogP contribution >= 0.6 is 0 Å². The second-order valence-electron chi connectivity index (χ2n) is 3.63. The topological polar surface area (TPSA) is 21.3 Å². The van der Waals surface area contributed by atoms with Crippen LogP contribution in [0.1, 0.15) is 26.3 Å². The molecule has 0 bridgehead atoms. The van der Waals surface area contributed by atoms with Gasteiger partial charge in [0.25, 0.3) is 0 Å². The highest BCUT2D eigenvalue weighted by atomic mass is 16.5. The van der Waals surface area contributed by atoms with Gasteiger partial charge in [0.15, 0.2) is 0 Å². The van der Waals surface area contributed by atoms with Crippen molar-refractivity contribution in [3.05, 3.63) is 29.8 Å². The molecule has 0 aromatic heterocycles. The van der Waals surface area contributed by atoms with Gasteiger partial charge >= 0.3 is 0 Å². The third-order valence-electron chi connectivity index (χ3n) is 1.88. The lowest BCUT2D eigenvalue weighted by Gasteiger charge is -2.10. The summed E-state index contributed by atoms with van der Waals surface area (Å²) in [5.41, 5.74) is 2.39. The van der Waals surface area contributed by atoms with E-state index in [2.05, 4.69) is 43.4 Å². The molecule has 0 spiro atoms. The first-order valence-electron chi connectivity index (χ1n) is 5.15. The molecule has 78 valence electrons. The summed E-state index contributed by atoms with van der Waals surface area (Å²) >= 11 is 0. The van der Waals surface area contributed by atoms with Crippen molar-refractivity contribution in [3.63, 3.8) is 0 Å². The van der Waals surface area contributed by atoms with Crippen molar-refractivity contribution in [3.8, 4) is 0 Å². The van der Waals surface area contributed by atoms with E-state index in [9.17, 15) is 0 Å². The van der Waals surface area contributed by atoms with Crippen LogP contribution in [0.25, 0.3) is 0 Å². The Labute approximate surface area is 86.3 Å². The van der Waals surface area contributed by atoms with Crippen LogP contribution < -0.4 is 5.32 Å². The summed E-state index contributed by atoms with van der Waals surface area (Å²) in [6.07, 6.45) is 0. The molecule has 0 saturated carbocycles. The van der Waals surface area contributed by atoms with E-state index in [4.69, 9.17) is 4.74 Å². The number of benzene rings is 1. The third-order valence-corrected chi connectivity index (χ3v) is 1.88. The molecular weight excluding hydrogens is 174 g/mol. The van der Waals surface area contributed by atoms with Crippen molar-refractivity contribution in [2.24, 2.45) is 0 Å². The summed E-state index contributed by atoms with van der Waals surface area (Å²) in [4.78, 5) is 0. The highest BCUT2D eigenvalue weighted by molar-refractivity contribution is 5.45. The Balaban J connectivity index is 2.50. The van der Waals surface area contributed by atoms with E-state index in [1.807, 2.05) is 6.92 Å². The Morgan fingerprint density at radius 2 is 1.86 bits per heavy atom. The molecule has 1 aromatic rings. The highest BCUT2D eigenvalue weighted by Gasteiger charge is 1.95. The van der Waals surface area contributed by atoms with Gasteiger partial charge in [-0.1, -0.05) is 12.1 Å².